The standard InChI is InChI=1S/C3H4Br3/c1-2(4)3(5)6/h2H,1H3. The molecule has 0 aliphatic carbocycles. The highest BCUT2D eigenvalue weighted by molar-refractivity contribution is 9.28. The van der Waals surface area contributed by atoms with Crippen molar-refractivity contribution in [2.24, 2.45) is 0 Å². The van der Waals surface area contributed by atoms with Gasteiger partial charge in [-0.2, -0.15) is 0 Å². The molecule has 0 spiro atoms. The minimum atomic E-state index is 0.414. The highest BCUT2D eigenvalue weighted by Crippen LogP contribution is 2.27. The topological polar surface area (TPSA) is 0 Å². The van der Waals surface area contributed by atoms with Crippen molar-refractivity contribution in [3.63, 3.8) is 0 Å². The second-order valence-electron chi connectivity index (χ2n) is 0.906. The molecule has 0 saturated carbocycles. The van der Waals surface area contributed by atoms with Gasteiger partial charge in [0.15, 0.2) is 0 Å². The van der Waals surface area contributed by atoms with Crippen molar-refractivity contribution in [2.45, 2.75) is 11.8 Å². The molecule has 0 heterocycles. The fourth-order valence-electron chi connectivity index (χ4n) is 0. The van der Waals surface area contributed by atoms with Crippen molar-refractivity contribution >= 4 is 47.8 Å². The quantitative estimate of drug-likeness (QED) is 0.647. The molecule has 37 valence electrons. The summed E-state index contributed by atoms with van der Waals surface area (Å²) in [4.78, 5) is 0.414. The van der Waals surface area contributed by atoms with E-state index in [-0.39, 0.29) is 0 Å². The molecule has 6 heavy (non-hydrogen) atoms. The Bertz CT molecular complexity index is 27.0. The fraction of sp³-hybridized carbons (Fsp3) is 0.667. The van der Waals surface area contributed by atoms with E-state index in [2.05, 4.69) is 47.8 Å². The van der Waals surface area contributed by atoms with Crippen LogP contribution in [0.15, 0.2) is 0 Å². The lowest BCUT2D eigenvalue weighted by Gasteiger charge is -1.97. The highest BCUT2D eigenvalue weighted by atomic mass is 79.9. The maximum Gasteiger partial charge on any atom is 0.119 e. The Labute approximate surface area is 63.1 Å². The highest BCUT2D eigenvalue weighted by Gasteiger charge is 2.03. The Morgan fingerprint density at radius 1 is 1.50 bits per heavy atom. The molecule has 0 aromatic rings. The summed E-state index contributed by atoms with van der Waals surface area (Å²) in [5, 5.41) is 0. The molecule has 1 radical (unpaired) electrons. The molecule has 0 aromatic carbocycles. The molecule has 0 N–H and O–H groups in total. The third-order valence-corrected chi connectivity index (χ3v) is 3.36. The zero-order chi connectivity index (χ0) is 5.15. The number of hydrogen-bond acceptors (Lipinski definition) is 0. The first kappa shape index (κ1) is 7.44. The normalized spacial score (nSPS) is 15.5. The molecule has 3 heteroatoms. The van der Waals surface area contributed by atoms with Crippen LogP contribution >= 0.6 is 47.8 Å². The van der Waals surface area contributed by atoms with Gasteiger partial charge in [0.1, 0.15) is 3.74 Å². The lowest BCUT2D eigenvalue weighted by molar-refractivity contribution is 1.24. The minimum absolute atomic E-state index is 0.414. The number of rotatable bonds is 1. The molecule has 0 rings (SSSR count). The molecular weight excluding hydrogens is 276 g/mol. The van der Waals surface area contributed by atoms with Gasteiger partial charge in [0.2, 0.25) is 0 Å². The lowest BCUT2D eigenvalue weighted by atomic mass is 10.6. The average molecular weight is 280 g/mol. The van der Waals surface area contributed by atoms with E-state index in [0.29, 0.717) is 4.83 Å². The smallest absolute Gasteiger partial charge is 0.0868 e. The predicted octanol–water partition coefficient (Wildman–Crippen LogP) is 3.05. The molecule has 1 unspecified atom stereocenters. The van der Waals surface area contributed by atoms with Crippen LogP contribution in [0.2, 0.25) is 0 Å². The summed E-state index contributed by atoms with van der Waals surface area (Å²) in [6.07, 6.45) is 0. The minimum Gasteiger partial charge on any atom is -0.0868 e. The summed E-state index contributed by atoms with van der Waals surface area (Å²) < 4.78 is 1.05. The van der Waals surface area contributed by atoms with Crippen molar-refractivity contribution in [3.8, 4) is 0 Å². The maximum atomic E-state index is 3.31. The van der Waals surface area contributed by atoms with Crippen LogP contribution in [-0.2, 0) is 0 Å². The van der Waals surface area contributed by atoms with E-state index >= 15 is 0 Å². The Morgan fingerprint density at radius 2 is 1.67 bits per heavy atom. The van der Waals surface area contributed by atoms with Gasteiger partial charge in [-0.1, -0.05) is 54.7 Å². The van der Waals surface area contributed by atoms with Gasteiger partial charge in [0, 0.05) is 4.83 Å². The SMILES string of the molecule is CC(Br)[C](Br)Br. The number of hydrogen-bond donors (Lipinski definition) is 0. The van der Waals surface area contributed by atoms with Gasteiger partial charge in [-0.25, -0.2) is 0 Å². The second-order valence-corrected chi connectivity index (χ2v) is 5.05. The monoisotopic (exact) mass is 277 g/mol. The largest absolute Gasteiger partial charge is 0.119 e. The molecule has 0 aliphatic rings. The first-order valence-electron chi connectivity index (χ1n) is 1.46. The third-order valence-electron chi connectivity index (χ3n) is 0.301. The summed E-state index contributed by atoms with van der Waals surface area (Å²) in [7, 11) is 0. The zero-order valence-electron chi connectivity index (χ0n) is 3.21. The fourth-order valence-corrected chi connectivity index (χ4v) is 0. The van der Waals surface area contributed by atoms with Gasteiger partial charge < -0.3 is 0 Å². The first-order chi connectivity index (χ1) is 2.64. The van der Waals surface area contributed by atoms with Crippen LogP contribution in [0.4, 0.5) is 0 Å². The molecule has 0 aromatic heterocycles. The molecule has 0 amide bonds. The van der Waals surface area contributed by atoms with Gasteiger partial charge >= 0.3 is 0 Å². The van der Waals surface area contributed by atoms with Crippen LogP contribution in [0, 0.1) is 3.74 Å². The van der Waals surface area contributed by atoms with Crippen LogP contribution in [0.3, 0.4) is 0 Å². The van der Waals surface area contributed by atoms with E-state index in [1.165, 1.54) is 0 Å². The van der Waals surface area contributed by atoms with E-state index in [4.69, 9.17) is 0 Å². The molecule has 1 atom stereocenters. The van der Waals surface area contributed by atoms with Crippen LogP contribution in [-0.4, -0.2) is 4.83 Å². The Morgan fingerprint density at radius 3 is 1.67 bits per heavy atom. The molecule has 0 bridgehead atoms. The van der Waals surface area contributed by atoms with Crippen LogP contribution < -0.4 is 0 Å². The van der Waals surface area contributed by atoms with Crippen molar-refractivity contribution in [1.29, 1.82) is 0 Å². The van der Waals surface area contributed by atoms with E-state index in [0.717, 1.165) is 3.74 Å². The average Bonchev–Trinajstić information content (AvgIpc) is 1.36. The third kappa shape index (κ3) is 3.62. The van der Waals surface area contributed by atoms with Crippen LogP contribution in [0.1, 0.15) is 6.92 Å². The van der Waals surface area contributed by atoms with Crippen molar-refractivity contribution in [3.05, 3.63) is 3.74 Å². The maximum absolute atomic E-state index is 3.31. The van der Waals surface area contributed by atoms with E-state index in [1.807, 2.05) is 6.92 Å². The van der Waals surface area contributed by atoms with Crippen molar-refractivity contribution in [2.75, 3.05) is 0 Å². The molecule has 0 fully saturated rings. The molecule has 0 saturated heterocycles. The van der Waals surface area contributed by atoms with Crippen LogP contribution in [0.25, 0.3) is 0 Å². The van der Waals surface area contributed by atoms with Crippen molar-refractivity contribution < 1.29 is 0 Å². The predicted molar refractivity (Wildman–Crippen MR) is 39.5 cm³/mol. The molecule has 0 nitrogen and oxygen atoms in total. The van der Waals surface area contributed by atoms with Gasteiger partial charge in [-0.05, 0) is 0 Å². The van der Waals surface area contributed by atoms with Gasteiger partial charge in [0.05, 0.1) is 0 Å². The second kappa shape index (κ2) is 3.44. The molecule has 0 aliphatic heterocycles. The van der Waals surface area contributed by atoms with Gasteiger partial charge in [-0.3, -0.25) is 0 Å². The Kier molecular flexibility index (Phi) is 4.27. The summed E-state index contributed by atoms with van der Waals surface area (Å²) in [6.45, 7) is 2.03. The van der Waals surface area contributed by atoms with Crippen LogP contribution in [0.5, 0.6) is 0 Å². The lowest BCUT2D eigenvalue weighted by Crippen LogP contribution is -1.88. The first-order valence-corrected chi connectivity index (χ1v) is 3.96. The van der Waals surface area contributed by atoms with E-state index in [1.54, 1.807) is 0 Å². The van der Waals surface area contributed by atoms with Crippen molar-refractivity contribution in [1.82, 2.24) is 0 Å². The van der Waals surface area contributed by atoms with E-state index in [9.17, 15) is 0 Å². The number of alkyl halides is 1. The summed E-state index contributed by atoms with van der Waals surface area (Å²) in [5.74, 6) is 0. The summed E-state index contributed by atoms with van der Waals surface area (Å²) in [5.41, 5.74) is 0. The number of halogens is 3. The zero-order valence-corrected chi connectivity index (χ0v) is 7.97. The Hall–Kier alpha value is 1.44. The van der Waals surface area contributed by atoms with Gasteiger partial charge in [0.25, 0.3) is 0 Å². The van der Waals surface area contributed by atoms with Gasteiger partial charge in [-0.15, -0.1) is 0 Å². The molecular formula is C3H4Br3. The Balaban J connectivity index is 2.99. The summed E-state index contributed by atoms with van der Waals surface area (Å²) in [6, 6.07) is 0. The van der Waals surface area contributed by atoms with E-state index < -0.39 is 0 Å². The summed E-state index contributed by atoms with van der Waals surface area (Å²) >= 11 is 9.76.